The zero-order valence-corrected chi connectivity index (χ0v) is 9.73. The molecule has 98 valence electrons. The molecule has 0 saturated carbocycles. The summed E-state index contributed by atoms with van der Waals surface area (Å²) < 4.78 is 5.37. The lowest BCUT2D eigenvalue weighted by Gasteiger charge is -2.05. The summed E-state index contributed by atoms with van der Waals surface area (Å²) in [5.74, 6) is 0.720. The van der Waals surface area contributed by atoms with E-state index in [0.717, 1.165) is 5.75 Å². The molecular weight excluding hydrogens is 240 g/mol. The highest BCUT2D eigenvalue weighted by molar-refractivity contribution is 5.20. The summed E-state index contributed by atoms with van der Waals surface area (Å²) in [7, 11) is 0. The Bertz CT molecular complexity index is 382. The van der Waals surface area contributed by atoms with Crippen molar-refractivity contribution in [3.8, 4) is 5.75 Å². The maximum absolute atomic E-state index is 10.4. The minimum atomic E-state index is -1.71. The molecule has 1 aromatic carbocycles. The summed E-state index contributed by atoms with van der Waals surface area (Å²) in [6.07, 6.45) is -0.841. The summed E-state index contributed by atoms with van der Waals surface area (Å²) in [5, 5.41) is 20.7. The van der Waals surface area contributed by atoms with Crippen LogP contribution in [-0.4, -0.2) is 22.6 Å². The number of hydrogen-bond acceptors (Lipinski definition) is 5. The van der Waals surface area contributed by atoms with Crippen LogP contribution in [0.5, 0.6) is 5.75 Å². The minimum absolute atomic E-state index is 0.0713. The number of ether oxygens (including phenoxy) is 1. The molecule has 7 nitrogen and oxygen atoms in total. The summed E-state index contributed by atoms with van der Waals surface area (Å²) in [5.41, 5.74) is 0. The molecule has 0 heterocycles. The number of unbranched alkanes of at least 4 members (excludes halogenated alkanes) is 1. The molecule has 0 spiro atoms. The van der Waals surface area contributed by atoms with E-state index in [1.165, 1.54) is 0 Å². The van der Waals surface area contributed by atoms with Crippen molar-refractivity contribution < 1.29 is 14.6 Å². The molecule has 1 rings (SSSR count). The standard InChI is InChI=1S/C11H14N2O5/c14-12(15)11(13(16)17)8-4-5-9-18-10-6-2-1-3-7-10/h1-3,6-7,11H,4-5,8-9H2. The Balaban J connectivity index is 2.19. The third-order valence-electron chi connectivity index (χ3n) is 2.36. The van der Waals surface area contributed by atoms with E-state index in [9.17, 15) is 20.2 Å². The van der Waals surface area contributed by atoms with Gasteiger partial charge in [0.15, 0.2) is 0 Å². The van der Waals surface area contributed by atoms with Crippen molar-refractivity contribution in [3.05, 3.63) is 50.6 Å². The fraction of sp³-hybridized carbons (Fsp3) is 0.455. The van der Waals surface area contributed by atoms with E-state index in [-0.39, 0.29) is 6.42 Å². The third-order valence-corrected chi connectivity index (χ3v) is 2.36. The fourth-order valence-corrected chi connectivity index (χ4v) is 1.42. The topological polar surface area (TPSA) is 95.5 Å². The maximum Gasteiger partial charge on any atom is 0.450 e. The molecule has 0 atom stereocenters. The average Bonchev–Trinajstić information content (AvgIpc) is 2.34. The molecule has 0 N–H and O–H groups in total. The molecule has 0 unspecified atom stereocenters. The molecule has 0 aromatic heterocycles. The lowest BCUT2D eigenvalue weighted by Crippen LogP contribution is -2.28. The van der Waals surface area contributed by atoms with Crippen LogP contribution in [0.3, 0.4) is 0 Å². The van der Waals surface area contributed by atoms with E-state index in [0.29, 0.717) is 19.4 Å². The van der Waals surface area contributed by atoms with Crippen molar-refractivity contribution in [2.24, 2.45) is 0 Å². The number of nitro groups is 2. The van der Waals surface area contributed by atoms with Crippen LogP contribution < -0.4 is 4.74 Å². The van der Waals surface area contributed by atoms with Gasteiger partial charge >= 0.3 is 6.17 Å². The smallest absolute Gasteiger partial charge is 0.450 e. The monoisotopic (exact) mass is 254 g/mol. The molecule has 7 heteroatoms. The predicted octanol–water partition coefficient (Wildman–Crippen LogP) is 2.12. The highest BCUT2D eigenvalue weighted by Gasteiger charge is 2.30. The second-order valence-electron chi connectivity index (χ2n) is 3.71. The number of rotatable bonds is 8. The zero-order valence-electron chi connectivity index (χ0n) is 9.73. The Labute approximate surface area is 104 Å². The second kappa shape index (κ2) is 7.21. The Morgan fingerprint density at radius 3 is 2.22 bits per heavy atom. The van der Waals surface area contributed by atoms with Crippen molar-refractivity contribution in [1.82, 2.24) is 0 Å². The maximum atomic E-state index is 10.4. The van der Waals surface area contributed by atoms with Crippen LogP contribution >= 0.6 is 0 Å². The van der Waals surface area contributed by atoms with Gasteiger partial charge in [-0.1, -0.05) is 18.2 Å². The Morgan fingerprint density at radius 1 is 1.06 bits per heavy atom. The van der Waals surface area contributed by atoms with E-state index >= 15 is 0 Å². The first kappa shape index (κ1) is 13.9. The van der Waals surface area contributed by atoms with Crippen LogP contribution in [0.2, 0.25) is 0 Å². The Kier molecular flexibility index (Phi) is 5.56. The second-order valence-corrected chi connectivity index (χ2v) is 3.71. The number of hydrogen-bond donors (Lipinski definition) is 0. The number of benzene rings is 1. The Morgan fingerprint density at radius 2 is 1.67 bits per heavy atom. The van der Waals surface area contributed by atoms with Gasteiger partial charge in [-0.2, -0.15) is 0 Å². The van der Waals surface area contributed by atoms with Gasteiger partial charge in [-0.3, -0.25) is 20.2 Å². The first-order chi connectivity index (χ1) is 8.61. The lowest BCUT2D eigenvalue weighted by atomic mass is 10.2. The van der Waals surface area contributed by atoms with Gasteiger partial charge in [0.05, 0.1) is 22.9 Å². The van der Waals surface area contributed by atoms with Crippen molar-refractivity contribution >= 4 is 0 Å². The van der Waals surface area contributed by atoms with Crippen LogP contribution in [0.4, 0.5) is 0 Å². The fourth-order valence-electron chi connectivity index (χ4n) is 1.42. The Hall–Kier alpha value is -2.18. The molecule has 0 fully saturated rings. The first-order valence-electron chi connectivity index (χ1n) is 5.56. The van der Waals surface area contributed by atoms with E-state index < -0.39 is 16.0 Å². The third kappa shape index (κ3) is 4.77. The SMILES string of the molecule is O=[N+]([O-])C(CCCCOc1ccccc1)[N+](=O)[O-]. The summed E-state index contributed by atoms with van der Waals surface area (Å²) in [6, 6.07) is 9.15. The van der Waals surface area contributed by atoms with Gasteiger partial charge in [0, 0.05) is 0 Å². The van der Waals surface area contributed by atoms with Crippen molar-refractivity contribution in [2.45, 2.75) is 25.4 Å². The predicted molar refractivity (Wildman–Crippen MR) is 63.6 cm³/mol. The summed E-state index contributed by atoms with van der Waals surface area (Å²) >= 11 is 0. The van der Waals surface area contributed by atoms with E-state index in [1.807, 2.05) is 18.2 Å². The molecule has 1 aromatic rings. The van der Waals surface area contributed by atoms with E-state index in [2.05, 4.69) is 0 Å². The van der Waals surface area contributed by atoms with E-state index in [1.54, 1.807) is 12.1 Å². The van der Waals surface area contributed by atoms with Gasteiger partial charge in [0.2, 0.25) is 0 Å². The zero-order chi connectivity index (χ0) is 13.4. The van der Waals surface area contributed by atoms with Crippen LogP contribution in [-0.2, 0) is 0 Å². The van der Waals surface area contributed by atoms with Gasteiger partial charge in [-0.15, -0.1) is 0 Å². The van der Waals surface area contributed by atoms with Gasteiger partial charge in [-0.25, -0.2) is 0 Å². The quantitative estimate of drug-likeness (QED) is 0.306. The molecule has 0 bridgehead atoms. The van der Waals surface area contributed by atoms with Gasteiger partial charge < -0.3 is 4.74 Å². The van der Waals surface area contributed by atoms with Gasteiger partial charge in [0.1, 0.15) is 5.75 Å². The molecule has 0 aliphatic rings. The van der Waals surface area contributed by atoms with Crippen LogP contribution in [0, 0.1) is 20.2 Å². The summed E-state index contributed by atoms with van der Waals surface area (Å²) in [4.78, 5) is 19.0. The van der Waals surface area contributed by atoms with Crippen molar-refractivity contribution in [3.63, 3.8) is 0 Å². The molecule has 0 aliphatic heterocycles. The lowest BCUT2D eigenvalue weighted by molar-refractivity contribution is -0.743. The van der Waals surface area contributed by atoms with Gasteiger partial charge in [0.25, 0.3) is 0 Å². The molecule has 0 radical (unpaired) electrons. The van der Waals surface area contributed by atoms with E-state index in [4.69, 9.17) is 4.74 Å². The minimum Gasteiger partial charge on any atom is -0.494 e. The number of para-hydroxylation sites is 1. The molecule has 0 amide bonds. The normalized spacial score (nSPS) is 10.3. The molecule has 18 heavy (non-hydrogen) atoms. The highest BCUT2D eigenvalue weighted by atomic mass is 16.7. The van der Waals surface area contributed by atoms with Crippen molar-refractivity contribution in [1.29, 1.82) is 0 Å². The highest BCUT2D eigenvalue weighted by Crippen LogP contribution is 2.10. The molecule has 0 saturated heterocycles. The first-order valence-corrected chi connectivity index (χ1v) is 5.56. The molecular formula is C11H14N2O5. The number of nitrogens with zero attached hydrogens (tertiary/aromatic N) is 2. The van der Waals surface area contributed by atoms with Gasteiger partial charge in [-0.05, 0) is 25.0 Å². The largest absolute Gasteiger partial charge is 0.494 e. The van der Waals surface area contributed by atoms with Crippen LogP contribution in [0.15, 0.2) is 30.3 Å². The van der Waals surface area contributed by atoms with Crippen LogP contribution in [0.1, 0.15) is 19.3 Å². The summed E-state index contributed by atoms with van der Waals surface area (Å²) in [6.45, 7) is 0.395. The average molecular weight is 254 g/mol. The van der Waals surface area contributed by atoms with Crippen molar-refractivity contribution in [2.75, 3.05) is 6.61 Å². The molecule has 0 aliphatic carbocycles. The van der Waals surface area contributed by atoms with Crippen LogP contribution in [0.25, 0.3) is 0 Å².